The highest BCUT2D eigenvalue weighted by atomic mass is 35.5. The maximum atomic E-state index is 5.37. The summed E-state index contributed by atoms with van der Waals surface area (Å²) < 4.78 is 0. The average molecular weight is 173 g/mol. The summed E-state index contributed by atoms with van der Waals surface area (Å²) >= 11 is 0. The summed E-state index contributed by atoms with van der Waals surface area (Å²) in [7, 11) is 0. The van der Waals surface area contributed by atoms with Gasteiger partial charge in [0, 0.05) is 18.3 Å². The first-order valence-electron chi connectivity index (χ1n) is 3.44. The number of halogens is 1. The SMILES string of the molecule is Cc1ccnc(CCN)c1.Cl. The molecule has 0 fully saturated rings. The molecular formula is C8H13ClN2. The fraction of sp³-hybridized carbons (Fsp3) is 0.375. The number of aryl methyl sites for hydroxylation is 1. The van der Waals surface area contributed by atoms with Gasteiger partial charge in [-0.2, -0.15) is 0 Å². The zero-order valence-electron chi connectivity index (χ0n) is 6.58. The van der Waals surface area contributed by atoms with E-state index in [0.717, 1.165) is 12.1 Å². The van der Waals surface area contributed by atoms with Gasteiger partial charge >= 0.3 is 0 Å². The third kappa shape index (κ3) is 3.35. The lowest BCUT2D eigenvalue weighted by Crippen LogP contribution is -2.04. The van der Waals surface area contributed by atoms with E-state index in [2.05, 4.69) is 18.0 Å². The van der Waals surface area contributed by atoms with Crippen LogP contribution in [0, 0.1) is 6.92 Å². The van der Waals surface area contributed by atoms with Gasteiger partial charge in [-0.1, -0.05) is 0 Å². The van der Waals surface area contributed by atoms with E-state index in [1.807, 2.05) is 12.3 Å². The molecule has 0 saturated heterocycles. The van der Waals surface area contributed by atoms with Crippen molar-refractivity contribution in [2.75, 3.05) is 6.54 Å². The van der Waals surface area contributed by atoms with Crippen LogP contribution in [0.25, 0.3) is 0 Å². The van der Waals surface area contributed by atoms with Crippen molar-refractivity contribution in [3.05, 3.63) is 29.6 Å². The number of aromatic nitrogens is 1. The van der Waals surface area contributed by atoms with E-state index in [-0.39, 0.29) is 12.4 Å². The highest BCUT2D eigenvalue weighted by molar-refractivity contribution is 5.85. The Kier molecular flexibility index (Phi) is 4.83. The van der Waals surface area contributed by atoms with E-state index in [9.17, 15) is 0 Å². The Morgan fingerprint density at radius 3 is 2.82 bits per heavy atom. The number of nitrogens with zero attached hydrogens (tertiary/aromatic N) is 1. The zero-order valence-corrected chi connectivity index (χ0v) is 7.40. The van der Waals surface area contributed by atoms with Crippen molar-refractivity contribution in [3.63, 3.8) is 0 Å². The third-order valence-electron chi connectivity index (χ3n) is 1.37. The summed E-state index contributed by atoms with van der Waals surface area (Å²) in [5, 5.41) is 0. The normalized spacial score (nSPS) is 8.91. The second kappa shape index (κ2) is 5.10. The second-order valence-corrected chi connectivity index (χ2v) is 2.36. The van der Waals surface area contributed by atoms with E-state index in [1.165, 1.54) is 5.56 Å². The molecule has 0 bridgehead atoms. The summed E-state index contributed by atoms with van der Waals surface area (Å²) in [6.45, 7) is 2.73. The van der Waals surface area contributed by atoms with E-state index >= 15 is 0 Å². The highest BCUT2D eigenvalue weighted by Gasteiger charge is 1.90. The van der Waals surface area contributed by atoms with Crippen molar-refractivity contribution in [2.24, 2.45) is 5.73 Å². The van der Waals surface area contributed by atoms with Crippen LogP contribution >= 0.6 is 12.4 Å². The Morgan fingerprint density at radius 2 is 2.27 bits per heavy atom. The first-order chi connectivity index (χ1) is 4.83. The fourth-order valence-electron chi connectivity index (χ4n) is 0.883. The number of nitrogens with two attached hydrogens (primary N) is 1. The van der Waals surface area contributed by atoms with Gasteiger partial charge in [-0.15, -0.1) is 12.4 Å². The van der Waals surface area contributed by atoms with Gasteiger partial charge in [-0.25, -0.2) is 0 Å². The maximum Gasteiger partial charge on any atom is 0.0418 e. The largest absolute Gasteiger partial charge is 0.330 e. The summed E-state index contributed by atoms with van der Waals surface area (Å²) in [5.41, 5.74) is 7.70. The van der Waals surface area contributed by atoms with Crippen LogP contribution < -0.4 is 5.73 Å². The fourth-order valence-corrected chi connectivity index (χ4v) is 0.883. The van der Waals surface area contributed by atoms with Crippen molar-refractivity contribution in [1.29, 1.82) is 0 Å². The average Bonchev–Trinajstić information content (AvgIpc) is 1.88. The first-order valence-corrected chi connectivity index (χ1v) is 3.44. The molecule has 1 aromatic rings. The van der Waals surface area contributed by atoms with Crippen molar-refractivity contribution < 1.29 is 0 Å². The number of pyridine rings is 1. The Morgan fingerprint density at radius 1 is 1.55 bits per heavy atom. The van der Waals surface area contributed by atoms with Crippen LogP contribution in [-0.2, 0) is 6.42 Å². The minimum atomic E-state index is 0. The lowest BCUT2D eigenvalue weighted by Gasteiger charge is -1.96. The van der Waals surface area contributed by atoms with E-state index in [1.54, 1.807) is 0 Å². The molecule has 0 unspecified atom stereocenters. The summed E-state index contributed by atoms with van der Waals surface area (Å²) in [4.78, 5) is 4.15. The summed E-state index contributed by atoms with van der Waals surface area (Å²) in [6, 6.07) is 4.05. The number of hydrogen-bond acceptors (Lipinski definition) is 2. The van der Waals surface area contributed by atoms with Crippen LogP contribution in [0.2, 0.25) is 0 Å². The third-order valence-corrected chi connectivity index (χ3v) is 1.37. The molecule has 0 aliphatic heterocycles. The molecule has 11 heavy (non-hydrogen) atoms. The van der Waals surface area contributed by atoms with Crippen molar-refractivity contribution in [2.45, 2.75) is 13.3 Å². The Balaban J connectivity index is 0.000001000. The van der Waals surface area contributed by atoms with Gasteiger partial charge in [0.2, 0.25) is 0 Å². The van der Waals surface area contributed by atoms with E-state index < -0.39 is 0 Å². The first kappa shape index (κ1) is 10.4. The molecule has 0 amide bonds. The smallest absolute Gasteiger partial charge is 0.0418 e. The quantitative estimate of drug-likeness (QED) is 0.731. The van der Waals surface area contributed by atoms with Crippen LogP contribution in [-0.4, -0.2) is 11.5 Å². The van der Waals surface area contributed by atoms with E-state index in [0.29, 0.717) is 6.54 Å². The summed E-state index contributed by atoms with van der Waals surface area (Å²) in [5.74, 6) is 0. The van der Waals surface area contributed by atoms with Gasteiger partial charge in [0.1, 0.15) is 0 Å². The molecule has 1 rings (SSSR count). The molecule has 0 saturated carbocycles. The summed E-state index contributed by atoms with van der Waals surface area (Å²) in [6.07, 6.45) is 2.70. The molecule has 1 heterocycles. The molecule has 0 aromatic carbocycles. The van der Waals surface area contributed by atoms with Crippen LogP contribution in [0.4, 0.5) is 0 Å². The molecule has 3 heteroatoms. The molecule has 0 aliphatic rings. The van der Waals surface area contributed by atoms with Crippen molar-refractivity contribution in [1.82, 2.24) is 4.98 Å². The zero-order chi connectivity index (χ0) is 7.40. The van der Waals surface area contributed by atoms with Gasteiger partial charge < -0.3 is 5.73 Å². The molecule has 1 aromatic heterocycles. The highest BCUT2D eigenvalue weighted by Crippen LogP contribution is 1.98. The lowest BCUT2D eigenvalue weighted by molar-refractivity contribution is 0.920. The van der Waals surface area contributed by atoms with E-state index in [4.69, 9.17) is 5.73 Å². The predicted octanol–water partition coefficient (Wildman–Crippen LogP) is 1.31. The Labute approximate surface area is 73.2 Å². The van der Waals surface area contributed by atoms with Gasteiger partial charge in [0.25, 0.3) is 0 Å². The predicted molar refractivity (Wildman–Crippen MR) is 49.0 cm³/mol. The second-order valence-electron chi connectivity index (χ2n) is 2.36. The minimum absolute atomic E-state index is 0. The van der Waals surface area contributed by atoms with Gasteiger partial charge in [-0.05, 0) is 31.2 Å². The molecule has 0 radical (unpaired) electrons. The number of rotatable bonds is 2. The van der Waals surface area contributed by atoms with Crippen LogP contribution in [0.15, 0.2) is 18.3 Å². The van der Waals surface area contributed by atoms with Gasteiger partial charge in [0.15, 0.2) is 0 Å². The van der Waals surface area contributed by atoms with Crippen molar-refractivity contribution >= 4 is 12.4 Å². The van der Waals surface area contributed by atoms with Crippen LogP contribution in [0.5, 0.6) is 0 Å². The maximum absolute atomic E-state index is 5.37. The molecule has 62 valence electrons. The Bertz CT molecular complexity index is 213. The van der Waals surface area contributed by atoms with Crippen molar-refractivity contribution in [3.8, 4) is 0 Å². The standard InChI is InChI=1S/C8H12N2.ClH/c1-7-3-5-10-8(6-7)2-4-9;/h3,5-6H,2,4,9H2,1H3;1H. The molecule has 0 atom stereocenters. The molecule has 0 aliphatic carbocycles. The molecule has 2 nitrogen and oxygen atoms in total. The lowest BCUT2D eigenvalue weighted by atomic mass is 10.2. The molecule has 2 N–H and O–H groups in total. The topological polar surface area (TPSA) is 38.9 Å². The molecule has 0 spiro atoms. The van der Waals surface area contributed by atoms with Crippen LogP contribution in [0.3, 0.4) is 0 Å². The van der Waals surface area contributed by atoms with Gasteiger partial charge in [0.05, 0.1) is 0 Å². The van der Waals surface area contributed by atoms with Gasteiger partial charge in [-0.3, -0.25) is 4.98 Å². The molecular weight excluding hydrogens is 160 g/mol. The Hall–Kier alpha value is -0.600. The minimum Gasteiger partial charge on any atom is -0.330 e. The van der Waals surface area contributed by atoms with Crippen LogP contribution in [0.1, 0.15) is 11.3 Å². The monoisotopic (exact) mass is 172 g/mol. The number of hydrogen-bond donors (Lipinski definition) is 1.